The Morgan fingerprint density at radius 1 is 0.923 bits per heavy atom. The summed E-state index contributed by atoms with van der Waals surface area (Å²) in [7, 11) is -3.37. The predicted molar refractivity (Wildman–Crippen MR) is 103 cm³/mol. The minimum absolute atomic E-state index is 0.00894. The van der Waals surface area contributed by atoms with E-state index in [1.807, 2.05) is 48.5 Å². The Bertz CT molecular complexity index is 760. The van der Waals surface area contributed by atoms with Crippen molar-refractivity contribution in [2.24, 2.45) is 0 Å². The third-order valence-electron chi connectivity index (χ3n) is 4.61. The molecule has 0 aromatic heterocycles. The zero-order valence-corrected chi connectivity index (χ0v) is 15.7. The lowest BCUT2D eigenvalue weighted by atomic mass is 10.0. The summed E-state index contributed by atoms with van der Waals surface area (Å²) in [6.07, 6.45) is 0.814. The monoisotopic (exact) mass is 374 g/mol. The highest BCUT2D eigenvalue weighted by atomic mass is 32.2. The molecule has 1 unspecified atom stereocenters. The van der Waals surface area contributed by atoms with Gasteiger partial charge in [-0.1, -0.05) is 60.7 Å². The van der Waals surface area contributed by atoms with Gasteiger partial charge in [-0.05, 0) is 17.5 Å². The van der Waals surface area contributed by atoms with Crippen molar-refractivity contribution < 1.29 is 13.2 Å². The van der Waals surface area contributed by atoms with E-state index in [1.165, 1.54) is 5.56 Å². The average Bonchev–Trinajstić information content (AvgIpc) is 2.67. The number of rotatable bonds is 8. The Morgan fingerprint density at radius 3 is 2.12 bits per heavy atom. The van der Waals surface area contributed by atoms with Crippen molar-refractivity contribution in [3.8, 4) is 0 Å². The molecule has 0 spiro atoms. The molecule has 6 heteroatoms. The van der Waals surface area contributed by atoms with E-state index in [0.717, 1.165) is 25.1 Å². The van der Waals surface area contributed by atoms with Crippen molar-refractivity contribution in [1.29, 1.82) is 0 Å². The fraction of sp³-hybridized carbons (Fsp3) is 0.400. The van der Waals surface area contributed by atoms with Crippen LogP contribution in [-0.2, 0) is 26.9 Å². The predicted octanol–water partition coefficient (Wildman–Crippen LogP) is 2.05. The van der Waals surface area contributed by atoms with Crippen molar-refractivity contribution in [3.05, 3.63) is 71.8 Å². The topological polar surface area (TPSA) is 58.6 Å². The second-order valence-electron chi connectivity index (χ2n) is 6.59. The van der Waals surface area contributed by atoms with E-state index in [2.05, 4.69) is 21.8 Å². The van der Waals surface area contributed by atoms with Crippen LogP contribution >= 0.6 is 0 Å². The Kier molecular flexibility index (Phi) is 6.80. The summed E-state index contributed by atoms with van der Waals surface area (Å²) >= 11 is 0. The van der Waals surface area contributed by atoms with Crippen LogP contribution in [-0.4, -0.2) is 52.2 Å². The second kappa shape index (κ2) is 9.28. The van der Waals surface area contributed by atoms with Gasteiger partial charge in [0, 0.05) is 25.7 Å². The van der Waals surface area contributed by atoms with Crippen LogP contribution in [0.1, 0.15) is 11.1 Å². The summed E-state index contributed by atoms with van der Waals surface area (Å²) in [5, 5.41) is 0. The number of hydrogen-bond donors (Lipinski definition) is 1. The summed E-state index contributed by atoms with van der Waals surface area (Å²) in [5.74, 6) is 0.00894. The molecule has 0 saturated carbocycles. The molecule has 2 aromatic carbocycles. The maximum absolute atomic E-state index is 12.5. The third kappa shape index (κ3) is 5.92. The van der Waals surface area contributed by atoms with Gasteiger partial charge >= 0.3 is 0 Å². The van der Waals surface area contributed by atoms with Gasteiger partial charge in [0.15, 0.2) is 0 Å². The first-order valence-electron chi connectivity index (χ1n) is 8.99. The fourth-order valence-corrected chi connectivity index (χ4v) is 4.41. The van der Waals surface area contributed by atoms with Crippen LogP contribution in [0.2, 0.25) is 0 Å². The number of morpholine rings is 1. The first kappa shape index (κ1) is 19.0. The van der Waals surface area contributed by atoms with E-state index in [4.69, 9.17) is 4.74 Å². The van der Waals surface area contributed by atoms with E-state index >= 15 is 0 Å². The number of nitrogens with zero attached hydrogens (tertiary/aromatic N) is 1. The molecule has 0 bridgehead atoms. The smallest absolute Gasteiger partial charge is 0.215 e. The lowest BCUT2D eigenvalue weighted by molar-refractivity contribution is 0.0177. The summed E-state index contributed by atoms with van der Waals surface area (Å²) in [6.45, 7) is 3.46. The normalized spacial score (nSPS) is 17.1. The zero-order valence-electron chi connectivity index (χ0n) is 14.9. The Labute approximate surface area is 156 Å². The molecular weight excluding hydrogens is 348 g/mol. The molecule has 140 valence electrons. The van der Waals surface area contributed by atoms with Gasteiger partial charge in [0.25, 0.3) is 0 Å². The van der Waals surface area contributed by atoms with Crippen molar-refractivity contribution in [2.45, 2.75) is 18.2 Å². The highest BCUT2D eigenvalue weighted by molar-refractivity contribution is 7.88. The molecule has 0 radical (unpaired) electrons. The SMILES string of the molecule is O=S(=O)(Cc1ccccc1)NCC(Cc1ccccc1)N1CCOCC1. The maximum Gasteiger partial charge on any atom is 0.215 e. The van der Waals surface area contributed by atoms with E-state index in [-0.39, 0.29) is 11.8 Å². The summed E-state index contributed by atoms with van der Waals surface area (Å²) in [5.41, 5.74) is 2.01. The van der Waals surface area contributed by atoms with Gasteiger partial charge < -0.3 is 4.74 Å². The van der Waals surface area contributed by atoms with Crippen molar-refractivity contribution in [3.63, 3.8) is 0 Å². The molecule has 1 aliphatic heterocycles. The zero-order chi connectivity index (χ0) is 18.2. The molecule has 1 fully saturated rings. The number of ether oxygens (including phenoxy) is 1. The van der Waals surface area contributed by atoms with Gasteiger partial charge in [0.05, 0.1) is 19.0 Å². The first-order valence-corrected chi connectivity index (χ1v) is 10.6. The first-order chi connectivity index (χ1) is 12.6. The average molecular weight is 375 g/mol. The molecule has 0 amide bonds. The Balaban J connectivity index is 1.64. The maximum atomic E-state index is 12.5. The van der Waals surface area contributed by atoms with Crippen LogP contribution in [0.4, 0.5) is 0 Å². The molecular formula is C20H26N2O3S. The minimum atomic E-state index is -3.37. The molecule has 1 atom stereocenters. The van der Waals surface area contributed by atoms with E-state index in [1.54, 1.807) is 0 Å². The lowest BCUT2D eigenvalue weighted by Crippen LogP contribution is -2.49. The minimum Gasteiger partial charge on any atom is -0.379 e. The molecule has 3 rings (SSSR count). The quantitative estimate of drug-likeness (QED) is 0.768. The highest BCUT2D eigenvalue weighted by Crippen LogP contribution is 2.12. The molecule has 5 nitrogen and oxygen atoms in total. The van der Waals surface area contributed by atoms with Gasteiger partial charge in [-0.15, -0.1) is 0 Å². The Morgan fingerprint density at radius 2 is 1.50 bits per heavy atom. The van der Waals surface area contributed by atoms with Crippen molar-refractivity contribution in [2.75, 3.05) is 32.8 Å². The van der Waals surface area contributed by atoms with Crippen LogP contribution in [0.15, 0.2) is 60.7 Å². The standard InChI is InChI=1S/C20H26N2O3S/c23-26(24,17-19-9-5-2-6-10-19)21-16-20(22-11-13-25-14-12-22)15-18-7-3-1-4-8-18/h1-10,20-21H,11-17H2. The second-order valence-corrected chi connectivity index (χ2v) is 8.39. The van der Waals surface area contributed by atoms with E-state index in [9.17, 15) is 8.42 Å². The summed E-state index contributed by atoms with van der Waals surface area (Å²) < 4.78 is 33.2. The highest BCUT2D eigenvalue weighted by Gasteiger charge is 2.23. The molecule has 1 N–H and O–H groups in total. The van der Waals surface area contributed by atoms with E-state index < -0.39 is 10.0 Å². The number of sulfonamides is 1. The molecule has 2 aromatic rings. The van der Waals surface area contributed by atoms with Crippen molar-refractivity contribution in [1.82, 2.24) is 9.62 Å². The fourth-order valence-electron chi connectivity index (χ4n) is 3.23. The summed E-state index contributed by atoms with van der Waals surface area (Å²) in [6, 6.07) is 19.6. The van der Waals surface area contributed by atoms with Crippen LogP contribution < -0.4 is 4.72 Å². The summed E-state index contributed by atoms with van der Waals surface area (Å²) in [4.78, 5) is 2.32. The Hall–Kier alpha value is -1.73. The van der Waals surface area contributed by atoms with Gasteiger partial charge in [-0.2, -0.15) is 0 Å². The third-order valence-corrected chi connectivity index (χ3v) is 5.93. The molecule has 26 heavy (non-hydrogen) atoms. The molecule has 1 aliphatic rings. The lowest BCUT2D eigenvalue weighted by Gasteiger charge is -2.34. The number of hydrogen-bond acceptors (Lipinski definition) is 4. The molecule has 1 saturated heterocycles. The van der Waals surface area contributed by atoms with Crippen LogP contribution in [0, 0.1) is 0 Å². The van der Waals surface area contributed by atoms with E-state index in [0.29, 0.717) is 19.8 Å². The molecule has 1 heterocycles. The van der Waals surface area contributed by atoms with Gasteiger partial charge in [0.2, 0.25) is 10.0 Å². The largest absolute Gasteiger partial charge is 0.379 e. The van der Waals surface area contributed by atoms with Gasteiger partial charge in [-0.3, -0.25) is 4.90 Å². The number of benzene rings is 2. The van der Waals surface area contributed by atoms with Crippen LogP contribution in [0.5, 0.6) is 0 Å². The van der Waals surface area contributed by atoms with Gasteiger partial charge in [-0.25, -0.2) is 13.1 Å². The number of nitrogens with one attached hydrogen (secondary N) is 1. The van der Waals surface area contributed by atoms with Crippen LogP contribution in [0.3, 0.4) is 0 Å². The van der Waals surface area contributed by atoms with Crippen LogP contribution in [0.25, 0.3) is 0 Å². The van der Waals surface area contributed by atoms with Gasteiger partial charge in [0.1, 0.15) is 0 Å². The van der Waals surface area contributed by atoms with Crippen molar-refractivity contribution >= 4 is 10.0 Å². The molecule has 0 aliphatic carbocycles.